The summed E-state index contributed by atoms with van der Waals surface area (Å²) in [5.74, 6) is 0. The Balaban J connectivity index is -0.000000181. The first-order valence-electron chi connectivity index (χ1n) is 5.48. The zero-order chi connectivity index (χ0) is 13.6. The first-order chi connectivity index (χ1) is 7.33. The molecule has 0 heterocycles. The minimum Gasteiger partial charge on any atom is -0.320 e. The smallest absolute Gasteiger partial charge is 0.320 e. The number of rotatable bonds is 4. The Morgan fingerprint density at radius 1 is 1.19 bits per heavy atom. The van der Waals surface area contributed by atoms with E-state index in [4.69, 9.17) is 0 Å². The number of ether oxygens (including phenoxy) is 1. The fourth-order valence-corrected chi connectivity index (χ4v) is 0.528. The van der Waals surface area contributed by atoms with Crippen molar-refractivity contribution in [3.8, 4) is 0 Å². The Bertz CT molecular complexity index is 145. The molecule has 0 saturated heterocycles. The highest BCUT2D eigenvalue weighted by atomic mass is 19.3. The number of hydrogen-bond donors (Lipinski definition) is 0. The second kappa shape index (κ2) is 14.5. The van der Waals surface area contributed by atoms with Gasteiger partial charge in [0.05, 0.1) is 6.67 Å². The monoisotopic (exact) mass is 242 g/mol. The molecule has 0 aromatic heterocycles. The van der Waals surface area contributed by atoms with E-state index < -0.39 is 6.11 Å². The summed E-state index contributed by atoms with van der Waals surface area (Å²) in [5.41, 5.74) is -0.278. The van der Waals surface area contributed by atoms with Crippen molar-refractivity contribution in [1.29, 1.82) is 0 Å². The molecule has 100 valence electrons. The van der Waals surface area contributed by atoms with Gasteiger partial charge in [0.1, 0.15) is 0 Å². The van der Waals surface area contributed by atoms with Gasteiger partial charge in [0.15, 0.2) is 0 Å². The van der Waals surface area contributed by atoms with E-state index in [0.29, 0.717) is 0 Å². The summed E-state index contributed by atoms with van der Waals surface area (Å²) >= 11 is 0. The van der Waals surface area contributed by atoms with Gasteiger partial charge in [-0.15, -0.1) is 0 Å². The van der Waals surface area contributed by atoms with Gasteiger partial charge in [-0.3, -0.25) is 4.39 Å². The van der Waals surface area contributed by atoms with Gasteiger partial charge in [-0.25, -0.2) is 0 Å². The Labute approximate surface area is 97.7 Å². The molecule has 0 radical (unpaired) electrons. The fourth-order valence-electron chi connectivity index (χ4n) is 0.528. The molecule has 0 aliphatic carbocycles. The average molecular weight is 242 g/mol. The van der Waals surface area contributed by atoms with Crippen LogP contribution in [0.1, 0.15) is 47.0 Å². The van der Waals surface area contributed by atoms with Gasteiger partial charge in [-0.05, 0) is 13.8 Å². The summed E-state index contributed by atoms with van der Waals surface area (Å²) in [6.07, 6.45) is 0.924. The molecule has 0 aromatic rings. The quantitative estimate of drug-likeness (QED) is 0.632. The maximum absolute atomic E-state index is 12.0. The molecule has 16 heavy (non-hydrogen) atoms. The van der Waals surface area contributed by atoms with Crippen molar-refractivity contribution in [2.24, 2.45) is 0 Å². The maximum Gasteiger partial charge on any atom is 0.378 e. The molecule has 0 aliphatic heterocycles. The molecule has 0 aliphatic rings. The predicted molar refractivity (Wildman–Crippen MR) is 63.6 cm³/mol. The molecule has 0 N–H and O–H groups in total. The SMILES string of the molecule is C=C(C)C(F)(F)OC.CCCCC.CCF. The van der Waals surface area contributed by atoms with Gasteiger partial charge in [0, 0.05) is 12.7 Å². The summed E-state index contributed by atoms with van der Waals surface area (Å²) < 4.78 is 38.0. The summed E-state index contributed by atoms with van der Waals surface area (Å²) in [6, 6.07) is 0. The van der Waals surface area contributed by atoms with Gasteiger partial charge < -0.3 is 4.74 Å². The molecule has 0 unspecified atom stereocenters. The number of methoxy groups -OCH3 is 1. The van der Waals surface area contributed by atoms with Crippen LogP contribution < -0.4 is 0 Å². The third-order valence-corrected chi connectivity index (χ3v) is 1.46. The highest BCUT2D eigenvalue weighted by Crippen LogP contribution is 2.21. The summed E-state index contributed by atoms with van der Waals surface area (Å²) in [6.45, 7) is 9.87. The average Bonchev–Trinajstić information content (AvgIpc) is 2.21. The minimum absolute atomic E-state index is 0.250. The van der Waals surface area contributed by atoms with Crippen LogP contribution in [-0.2, 0) is 4.74 Å². The Morgan fingerprint density at radius 3 is 1.50 bits per heavy atom. The first-order valence-corrected chi connectivity index (χ1v) is 5.48. The van der Waals surface area contributed by atoms with Crippen LogP contribution >= 0.6 is 0 Å². The highest BCUT2D eigenvalue weighted by Gasteiger charge is 2.28. The van der Waals surface area contributed by atoms with Gasteiger partial charge in [0.2, 0.25) is 0 Å². The van der Waals surface area contributed by atoms with Gasteiger partial charge in [-0.1, -0.05) is 39.7 Å². The summed E-state index contributed by atoms with van der Waals surface area (Å²) in [4.78, 5) is 0. The predicted octanol–water partition coefficient (Wildman–Crippen LogP) is 4.97. The van der Waals surface area contributed by atoms with Crippen LogP contribution in [0.15, 0.2) is 12.2 Å². The Morgan fingerprint density at radius 2 is 1.50 bits per heavy atom. The summed E-state index contributed by atoms with van der Waals surface area (Å²) in [5, 5.41) is 0. The Hall–Kier alpha value is -0.510. The van der Waals surface area contributed by atoms with Crippen LogP contribution in [0, 0.1) is 0 Å². The second-order valence-corrected chi connectivity index (χ2v) is 3.12. The third-order valence-electron chi connectivity index (χ3n) is 1.46. The Kier molecular flexibility index (Phi) is 18.9. The van der Waals surface area contributed by atoms with E-state index in [1.54, 1.807) is 0 Å². The molecule has 1 nitrogen and oxygen atoms in total. The first kappa shape index (κ1) is 20.8. The number of halogens is 3. The fraction of sp³-hybridized carbons (Fsp3) is 0.833. The van der Waals surface area contributed by atoms with Gasteiger partial charge in [0.25, 0.3) is 0 Å². The van der Waals surface area contributed by atoms with Crippen molar-refractivity contribution < 1.29 is 17.9 Å². The van der Waals surface area contributed by atoms with E-state index in [0.717, 1.165) is 7.11 Å². The van der Waals surface area contributed by atoms with Crippen LogP contribution in [0.3, 0.4) is 0 Å². The van der Waals surface area contributed by atoms with Crippen molar-refractivity contribution in [3.63, 3.8) is 0 Å². The van der Waals surface area contributed by atoms with E-state index in [9.17, 15) is 13.2 Å². The minimum atomic E-state index is -3.15. The molecule has 0 bridgehead atoms. The van der Waals surface area contributed by atoms with E-state index in [1.807, 2.05) is 0 Å². The molecule has 0 amide bonds. The van der Waals surface area contributed by atoms with Crippen LogP contribution in [0.4, 0.5) is 13.2 Å². The van der Waals surface area contributed by atoms with Crippen molar-refractivity contribution in [2.75, 3.05) is 13.8 Å². The van der Waals surface area contributed by atoms with E-state index >= 15 is 0 Å². The standard InChI is InChI=1S/C5H8F2O.C5H12.C2H5F/c1-4(2)5(6,7)8-3;1-3-5-4-2;1-2-3/h1H2,2-3H3;3-5H2,1-2H3;2H2,1H3. The third kappa shape index (κ3) is 19.1. The van der Waals surface area contributed by atoms with Crippen molar-refractivity contribution in [3.05, 3.63) is 12.2 Å². The molecule has 0 atom stereocenters. The summed E-state index contributed by atoms with van der Waals surface area (Å²) in [7, 11) is 0.939. The van der Waals surface area contributed by atoms with Crippen molar-refractivity contribution in [1.82, 2.24) is 0 Å². The molecule has 0 rings (SSSR count). The van der Waals surface area contributed by atoms with E-state index in [1.165, 1.54) is 33.1 Å². The van der Waals surface area contributed by atoms with E-state index in [-0.39, 0.29) is 12.2 Å². The molecule has 0 spiro atoms. The maximum atomic E-state index is 12.0. The number of hydrogen-bond acceptors (Lipinski definition) is 1. The lowest BCUT2D eigenvalue weighted by atomic mass is 10.3. The molecule has 4 heteroatoms. The lowest BCUT2D eigenvalue weighted by molar-refractivity contribution is -0.189. The number of unbranched alkanes of at least 4 members (excludes halogenated alkanes) is 2. The molecular formula is C12H25F3O. The van der Waals surface area contributed by atoms with Crippen molar-refractivity contribution >= 4 is 0 Å². The normalized spacial score (nSPS) is 9.50. The highest BCUT2D eigenvalue weighted by molar-refractivity contribution is 4.97. The van der Waals surface area contributed by atoms with Crippen LogP contribution in [0.2, 0.25) is 0 Å². The molecule has 0 saturated carbocycles. The zero-order valence-corrected chi connectivity index (χ0v) is 11.1. The van der Waals surface area contributed by atoms with Crippen LogP contribution in [-0.4, -0.2) is 19.9 Å². The van der Waals surface area contributed by atoms with Crippen LogP contribution in [0.5, 0.6) is 0 Å². The topological polar surface area (TPSA) is 9.23 Å². The van der Waals surface area contributed by atoms with Crippen molar-refractivity contribution in [2.45, 2.75) is 53.1 Å². The van der Waals surface area contributed by atoms with Gasteiger partial charge >= 0.3 is 6.11 Å². The largest absolute Gasteiger partial charge is 0.378 e. The van der Waals surface area contributed by atoms with Crippen LogP contribution in [0.25, 0.3) is 0 Å². The molecular weight excluding hydrogens is 217 g/mol. The zero-order valence-electron chi connectivity index (χ0n) is 11.1. The lowest BCUT2D eigenvalue weighted by Crippen LogP contribution is -2.18. The lowest BCUT2D eigenvalue weighted by Gasteiger charge is -2.11. The van der Waals surface area contributed by atoms with E-state index in [2.05, 4.69) is 25.2 Å². The molecule has 0 aromatic carbocycles. The number of alkyl halides is 3. The van der Waals surface area contributed by atoms with Gasteiger partial charge in [-0.2, -0.15) is 8.78 Å². The second-order valence-electron chi connectivity index (χ2n) is 3.12. The molecule has 0 fully saturated rings.